The number of hydrogen-bond donors (Lipinski definition) is 2. The van der Waals surface area contributed by atoms with Crippen molar-refractivity contribution in [2.24, 2.45) is 0 Å². The van der Waals surface area contributed by atoms with Gasteiger partial charge in [0.2, 0.25) is 0 Å². The van der Waals surface area contributed by atoms with Crippen LogP contribution in [0.3, 0.4) is 0 Å². The molecule has 7 nitrogen and oxygen atoms in total. The molecule has 134 valence electrons. The minimum absolute atomic E-state index is 0.0894. The van der Waals surface area contributed by atoms with Crippen LogP contribution in [0.5, 0.6) is 0 Å². The highest BCUT2D eigenvalue weighted by atomic mass is 16.6. The Kier molecular flexibility index (Phi) is 9.48. The number of aliphatic hydroxyl groups is 1. The monoisotopic (exact) mass is 331 g/mol. The van der Waals surface area contributed by atoms with E-state index >= 15 is 0 Å². The number of rotatable bonds is 9. The fraction of sp³-hybridized carbons (Fsp3) is 0.812. The van der Waals surface area contributed by atoms with Crippen LogP contribution in [0, 0.1) is 0 Å². The predicted octanol–water partition coefficient (Wildman–Crippen LogP) is 1.95. The summed E-state index contributed by atoms with van der Waals surface area (Å²) in [5.41, 5.74) is -0.668. The van der Waals surface area contributed by atoms with Crippen LogP contribution in [0.4, 0.5) is 4.79 Å². The average Bonchev–Trinajstić information content (AvgIpc) is 2.45. The van der Waals surface area contributed by atoms with Gasteiger partial charge in [-0.1, -0.05) is 13.8 Å². The van der Waals surface area contributed by atoms with Gasteiger partial charge < -0.3 is 19.9 Å². The highest BCUT2D eigenvalue weighted by molar-refractivity contribution is 5.87. The lowest BCUT2D eigenvalue weighted by Gasteiger charge is -2.23. The van der Waals surface area contributed by atoms with Gasteiger partial charge in [-0.05, 0) is 40.0 Å². The molecule has 23 heavy (non-hydrogen) atoms. The highest BCUT2D eigenvalue weighted by Crippen LogP contribution is 2.10. The van der Waals surface area contributed by atoms with Crippen LogP contribution in [0.1, 0.15) is 60.3 Å². The van der Waals surface area contributed by atoms with Gasteiger partial charge in [0.1, 0.15) is 11.6 Å². The van der Waals surface area contributed by atoms with Crippen LogP contribution in [-0.4, -0.2) is 47.3 Å². The van der Waals surface area contributed by atoms with Crippen LogP contribution >= 0.6 is 0 Å². The number of carbonyl (C=O) groups is 3. The summed E-state index contributed by atoms with van der Waals surface area (Å²) in [4.78, 5) is 35.7. The number of ketones is 1. The van der Waals surface area contributed by atoms with Crippen molar-refractivity contribution in [3.05, 3.63) is 0 Å². The van der Waals surface area contributed by atoms with Gasteiger partial charge in [-0.25, -0.2) is 9.59 Å². The molecule has 0 aromatic heterocycles. The molecule has 1 amide bonds. The van der Waals surface area contributed by atoms with Crippen LogP contribution in [-0.2, 0) is 19.1 Å². The quantitative estimate of drug-likeness (QED) is 0.626. The van der Waals surface area contributed by atoms with E-state index in [2.05, 4.69) is 5.32 Å². The first-order chi connectivity index (χ1) is 10.6. The molecule has 0 aliphatic heterocycles. The number of nitrogens with one attached hydrogen (secondary N) is 1. The van der Waals surface area contributed by atoms with Crippen molar-refractivity contribution in [2.75, 3.05) is 6.61 Å². The van der Waals surface area contributed by atoms with E-state index in [1.807, 2.05) is 0 Å². The van der Waals surface area contributed by atoms with Crippen LogP contribution in [0.25, 0.3) is 0 Å². The molecule has 0 saturated heterocycles. The standard InChI is InChI=1S/C16H29NO6/c1-6-11(17-15(21)23-16(3,4)5)14(20)22-13(7-2)12(19)9-8-10-18/h11,13,18H,6-10H2,1-5H3,(H,17,21). The number of hydrogen-bond acceptors (Lipinski definition) is 6. The highest BCUT2D eigenvalue weighted by Gasteiger charge is 2.28. The van der Waals surface area contributed by atoms with Gasteiger partial charge in [-0.3, -0.25) is 4.79 Å². The zero-order valence-electron chi connectivity index (χ0n) is 14.7. The second-order valence-corrected chi connectivity index (χ2v) is 6.23. The maximum absolute atomic E-state index is 12.1. The third kappa shape index (κ3) is 9.18. The number of aliphatic hydroxyl groups excluding tert-OH is 1. The van der Waals surface area contributed by atoms with Crippen LogP contribution in [0.15, 0.2) is 0 Å². The Labute approximate surface area is 137 Å². The van der Waals surface area contributed by atoms with E-state index in [9.17, 15) is 14.4 Å². The average molecular weight is 331 g/mol. The normalized spacial score (nSPS) is 13.8. The number of alkyl carbamates (subject to hydrolysis) is 1. The Morgan fingerprint density at radius 1 is 1.13 bits per heavy atom. The molecule has 0 bridgehead atoms. The fourth-order valence-electron chi connectivity index (χ4n) is 1.79. The molecule has 2 atom stereocenters. The SMILES string of the molecule is CCC(NC(=O)OC(C)(C)C)C(=O)OC(CC)C(=O)CCCO. The first-order valence-electron chi connectivity index (χ1n) is 7.98. The van der Waals surface area contributed by atoms with Crippen molar-refractivity contribution >= 4 is 17.8 Å². The van der Waals surface area contributed by atoms with Gasteiger partial charge in [-0.2, -0.15) is 0 Å². The molecule has 2 N–H and O–H groups in total. The lowest BCUT2D eigenvalue weighted by Crippen LogP contribution is -2.45. The molecular weight excluding hydrogens is 302 g/mol. The van der Waals surface area contributed by atoms with Gasteiger partial charge in [0.05, 0.1) is 0 Å². The molecule has 0 aliphatic carbocycles. The summed E-state index contributed by atoms with van der Waals surface area (Å²) < 4.78 is 10.3. The lowest BCUT2D eigenvalue weighted by molar-refractivity contribution is -0.157. The molecule has 2 unspecified atom stereocenters. The van der Waals surface area contributed by atoms with E-state index in [-0.39, 0.29) is 18.8 Å². The van der Waals surface area contributed by atoms with Crippen molar-refractivity contribution in [2.45, 2.75) is 78.0 Å². The van der Waals surface area contributed by atoms with E-state index < -0.39 is 29.8 Å². The van der Waals surface area contributed by atoms with Gasteiger partial charge >= 0.3 is 12.1 Å². The summed E-state index contributed by atoms with van der Waals surface area (Å²) in [5, 5.41) is 11.2. The molecule has 0 rings (SSSR count). The number of amides is 1. The molecule has 0 spiro atoms. The van der Waals surface area contributed by atoms with Gasteiger partial charge in [0.15, 0.2) is 11.9 Å². The largest absolute Gasteiger partial charge is 0.453 e. The smallest absolute Gasteiger partial charge is 0.408 e. The molecule has 7 heteroatoms. The summed E-state index contributed by atoms with van der Waals surface area (Å²) in [5.74, 6) is -0.899. The van der Waals surface area contributed by atoms with Crippen molar-refractivity contribution in [1.29, 1.82) is 0 Å². The van der Waals surface area contributed by atoms with Gasteiger partial charge in [0.25, 0.3) is 0 Å². The molecule has 0 aromatic rings. The zero-order chi connectivity index (χ0) is 18.0. The van der Waals surface area contributed by atoms with E-state index in [0.29, 0.717) is 19.3 Å². The first kappa shape index (κ1) is 21.4. The van der Waals surface area contributed by atoms with E-state index in [1.54, 1.807) is 34.6 Å². The molecule has 0 aromatic carbocycles. The summed E-state index contributed by atoms with van der Waals surface area (Å²) in [6.45, 7) is 8.53. The van der Waals surface area contributed by atoms with Crippen LogP contribution in [0.2, 0.25) is 0 Å². The molecule has 0 saturated carbocycles. The molecule has 0 fully saturated rings. The van der Waals surface area contributed by atoms with E-state index in [0.717, 1.165) is 0 Å². The molecular formula is C16H29NO6. The van der Waals surface area contributed by atoms with E-state index in [1.165, 1.54) is 0 Å². The third-order valence-corrected chi connectivity index (χ3v) is 2.95. The minimum Gasteiger partial charge on any atom is -0.453 e. The summed E-state index contributed by atoms with van der Waals surface area (Å²) in [7, 11) is 0. The van der Waals surface area contributed by atoms with Crippen molar-refractivity contribution in [3.63, 3.8) is 0 Å². The topological polar surface area (TPSA) is 102 Å². The van der Waals surface area contributed by atoms with Crippen LogP contribution < -0.4 is 5.32 Å². The second kappa shape index (κ2) is 10.2. The molecule has 0 heterocycles. The first-order valence-corrected chi connectivity index (χ1v) is 7.98. The van der Waals surface area contributed by atoms with Crippen molar-refractivity contribution in [1.82, 2.24) is 5.32 Å². The predicted molar refractivity (Wildman–Crippen MR) is 84.9 cm³/mol. The Bertz CT molecular complexity index is 402. The van der Waals surface area contributed by atoms with Gasteiger partial charge in [0, 0.05) is 13.0 Å². The van der Waals surface area contributed by atoms with Crippen molar-refractivity contribution < 1.29 is 29.0 Å². The Morgan fingerprint density at radius 3 is 2.17 bits per heavy atom. The fourth-order valence-corrected chi connectivity index (χ4v) is 1.79. The van der Waals surface area contributed by atoms with Gasteiger partial charge in [-0.15, -0.1) is 0 Å². The Morgan fingerprint density at radius 2 is 1.74 bits per heavy atom. The summed E-state index contributed by atoms with van der Waals surface area (Å²) in [6.07, 6.45) is -0.415. The Balaban J connectivity index is 4.63. The summed E-state index contributed by atoms with van der Waals surface area (Å²) >= 11 is 0. The number of ether oxygens (including phenoxy) is 2. The number of esters is 1. The second-order valence-electron chi connectivity index (χ2n) is 6.23. The molecule has 0 aliphatic rings. The summed E-state index contributed by atoms with van der Waals surface area (Å²) in [6, 6.07) is -0.871. The lowest BCUT2D eigenvalue weighted by atomic mass is 10.1. The molecule has 0 radical (unpaired) electrons. The maximum atomic E-state index is 12.1. The number of Topliss-reactive ketones (excluding diaryl/α,β-unsaturated/α-hetero) is 1. The minimum atomic E-state index is -0.871. The maximum Gasteiger partial charge on any atom is 0.408 e. The number of carbonyl (C=O) groups excluding carboxylic acids is 3. The zero-order valence-corrected chi connectivity index (χ0v) is 14.7. The third-order valence-electron chi connectivity index (χ3n) is 2.95. The van der Waals surface area contributed by atoms with E-state index in [4.69, 9.17) is 14.6 Å². The Hall–Kier alpha value is -1.63. The van der Waals surface area contributed by atoms with Crippen molar-refractivity contribution in [3.8, 4) is 0 Å².